The molecule has 0 bridgehead atoms. The average molecular weight is 389 g/mol. The van der Waals surface area contributed by atoms with Crippen LogP contribution >= 0.6 is 0 Å². The van der Waals surface area contributed by atoms with Gasteiger partial charge in [0.25, 0.3) is 5.91 Å². The fourth-order valence-electron chi connectivity index (χ4n) is 2.98. The van der Waals surface area contributed by atoms with Crippen LogP contribution < -0.4 is 10.9 Å². The summed E-state index contributed by atoms with van der Waals surface area (Å²) >= 11 is 0. The first-order valence-corrected chi connectivity index (χ1v) is 8.70. The maximum atomic E-state index is 12.4. The molecule has 2 aromatic heterocycles. The molecule has 9 heteroatoms. The predicted octanol–water partition coefficient (Wildman–Crippen LogP) is 3.00. The number of aromatic nitrogens is 3. The molecule has 0 unspecified atom stereocenters. The Hall–Kier alpha value is -4.27. The molecule has 1 amide bonds. The van der Waals surface area contributed by atoms with Crippen LogP contribution in [-0.4, -0.2) is 25.8 Å². The minimum absolute atomic E-state index is 0.0148. The number of nitro groups is 1. The molecule has 0 spiro atoms. The molecular weight excluding hydrogens is 374 g/mol. The molecule has 0 radical (unpaired) electrons. The van der Waals surface area contributed by atoms with Gasteiger partial charge >= 0.3 is 11.2 Å². The number of pyridine rings is 1. The average Bonchev–Trinajstić information content (AvgIpc) is 3.10. The molecule has 0 atom stereocenters. The first-order valence-electron chi connectivity index (χ1n) is 8.70. The quantitative estimate of drug-likeness (QED) is 0.356. The van der Waals surface area contributed by atoms with E-state index >= 15 is 0 Å². The van der Waals surface area contributed by atoms with Gasteiger partial charge in [-0.3, -0.25) is 19.7 Å². The third-order valence-corrected chi connectivity index (χ3v) is 4.34. The van der Waals surface area contributed by atoms with Crippen LogP contribution in [0.25, 0.3) is 11.0 Å². The van der Waals surface area contributed by atoms with Crippen LogP contribution in [-0.2, 0) is 6.42 Å². The lowest BCUT2D eigenvalue weighted by Crippen LogP contribution is -2.17. The van der Waals surface area contributed by atoms with Crippen LogP contribution in [0.3, 0.4) is 0 Å². The number of carbonyl (C=O) groups excluding carboxylic acids is 1. The standard InChI is InChI=1S/C20H15N5O4/c26-19(13-10-17(25(28)29)20(27)21-11-13)22-14-5-3-4-12(8-14)9-18-23-15-6-1-2-7-16(15)24-18/h1-8,10-11H,9H2,(H,21,27)(H,22,26)(H,23,24). The van der Waals surface area contributed by atoms with Gasteiger partial charge in [0.15, 0.2) is 0 Å². The minimum atomic E-state index is -0.862. The lowest BCUT2D eigenvalue weighted by Gasteiger charge is -2.07. The van der Waals surface area contributed by atoms with E-state index in [2.05, 4.69) is 20.3 Å². The number of amides is 1. The van der Waals surface area contributed by atoms with Gasteiger partial charge < -0.3 is 15.3 Å². The number of benzene rings is 2. The van der Waals surface area contributed by atoms with Crippen molar-refractivity contribution in [2.24, 2.45) is 0 Å². The number of nitrogens with one attached hydrogen (secondary N) is 3. The number of hydrogen-bond acceptors (Lipinski definition) is 5. The van der Waals surface area contributed by atoms with E-state index in [1.165, 1.54) is 0 Å². The Kier molecular flexibility index (Phi) is 4.62. The van der Waals surface area contributed by atoms with E-state index in [9.17, 15) is 19.7 Å². The van der Waals surface area contributed by atoms with Gasteiger partial charge in [-0.15, -0.1) is 0 Å². The summed E-state index contributed by atoms with van der Waals surface area (Å²) in [5.74, 6) is 0.233. The summed E-state index contributed by atoms with van der Waals surface area (Å²) in [4.78, 5) is 43.9. The summed E-state index contributed by atoms with van der Waals surface area (Å²) in [7, 11) is 0. The van der Waals surface area contributed by atoms with E-state index in [0.29, 0.717) is 12.1 Å². The Labute approximate surface area is 163 Å². The Morgan fingerprint density at radius 3 is 2.76 bits per heavy atom. The lowest BCUT2D eigenvalue weighted by atomic mass is 10.1. The summed E-state index contributed by atoms with van der Waals surface area (Å²) in [6, 6.07) is 15.9. The van der Waals surface area contributed by atoms with Gasteiger partial charge in [-0.1, -0.05) is 24.3 Å². The van der Waals surface area contributed by atoms with Crippen molar-refractivity contribution in [3.63, 3.8) is 0 Å². The van der Waals surface area contributed by atoms with Gasteiger partial charge in [0.05, 0.1) is 21.5 Å². The van der Waals surface area contributed by atoms with E-state index in [1.807, 2.05) is 30.3 Å². The highest BCUT2D eigenvalue weighted by Gasteiger charge is 2.16. The summed E-state index contributed by atoms with van der Waals surface area (Å²) in [5, 5.41) is 13.6. The lowest BCUT2D eigenvalue weighted by molar-refractivity contribution is -0.386. The third kappa shape index (κ3) is 3.88. The second-order valence-corrected chi connectivity index (χ2v) is 6.39. The summed E-state index contributed by atoms with van der Waals surface area (Å²) in [6.45, 7) is 0. The molecule has 4 aromatic rings. The van der Waals surface area contributed by atoms with E-state index in [4.69, 9.17) is 0 Å². The molecule has 0 aliphatic carbocycles. The number of anilines is 1. The van der Waals surface area contributed by atoms with Gasteiger partial charge in [-0.25, -0.2) is 4.98 Å². The highest BCUT2D eigenvalue weighted by molar-refractivity contribution is 6.04. The first-order chi connectivity index (χ1) is 14.0. The van der Waals surface area contributed by atoms with E-state index in [0.717, 1.165) is 34.7 Å². The zero-order valence-electron chi connectivity index (χ0n) is 15.0. The van der Waals surface area contributed by atoms with Crippen LogP contribution in [0, 0.1) is 10.1 Å². The Morgan fingerprint density at radius 2 is 1.97 bits per heavy atom. The van der Waals surface area contributed by atoms with Crippen molar-refractivity contribution < 1.29 is 9.72 Å². The molecule has 29 heavy (non-hydrogen) atoms. The SMILES string of the molecule is O=C(Nc1cccc(Cc2nc3ccccc3[nH]2)c1)c1c[nH]c(=O)c([N+](=O)[O-])c1. The van der Waals surface area contributed by atoms with Crippen molar-refractivity contribution in [2.75, 3.05) is 5.32 Å². The van der Waals surface area contributed by atoms with Crippen LogP contribution in [0.4, 0.5) is 11.4 Å². The highest BCUT2D eigenvalue weighted by Crippen LogP contribution is 2.17. The van der Waals surface area contributed by atoms with E-state index < -0.39 is 22.1 Å². The summed E-state index contributed by atoms with van der Waals surface area (Å²) in [6.07, 6.45) is 1.69. The van der Waals surface area contributed by atoms with Gasteiger partial charge in [0, 0.05) is 24.4 Å². The fourth-order valence-corrected chi connectivity index (χ4v) is 2.98. The normalized spacial score (nSPS) is 10.8. The molecule has 0 aliphatic rings. The van der Waals surface area contributed by atoms with E-state index in [-0.39, 0.29) is 5.56 Å². The number of carbonyl (C=O) groups is 1. The minimum Gasteiger partial charge on any atom is -0.342 e. The summed E-state index contributed by atoms with van der Waals surface area (Å²) in [5.41, 5.74) is 1.72. The molecule has 0 fully saturated rings. The molecule has 0 saturated heterocycles. The van der Waals surface area contributed by atoms with Gasteiger partial charge in [0.1, 0.15) is 5.82 Å². The van der Waals surface area contributed by atoms with Crippen molar-refractivity contribution in [1.82, 2.24) is 15.0 Å². The maximum Gasteiger partial charge on any atom is 0.334 e. The molecule has 144 valence electrons. The molecule has 9 nitrogen and oxygen atoms in total. The third-order valence-electron chi connectivity index (χ3n) is 4.34. The van der Waals surface area contributed by atoms with Crippen LogP contribution in [0.5, 0.6) is 0 Å². The Morgan fingerprint density at radius 1 is 1.14 bits per heavy atom. The van der Waals surface area contributed by atoms with Crippen molar-refractivity contribution in [2.45, 2.75) is 6.42 Å². The number of imidazole rings is 1. The number of aromatic amines is 2. The fraction of sp³-hybridized carbons (Fsp3) is 0.0500. The molecule has 0 saturated carbocycles. The molecule has 3 N–H and O–H groups in total. The van der Waals surface area contributed by atoms with Crippen molar-refractivity contribution >= 4 is 28.3 Å². The molecule has 0 aliphatic heterocycles. The van der Waals surface area contributed by atoms with Gasteiger partial charge in [-0.2, -0.15) is 0 Å². The van der Waals surface area contributed by atoms with Crippen LogP contribution in [0.2, 0.25) is 0 Å². The number of hydrogen-bond donors (Lipinski definition) is 3. The summed E-state index contributed by atoms with van der Waals surface area (Å²) < 4.78 is 0. The smallest absolute Gasteiger partial charge is 0.334 e. The van der Waals surface area contributed by atoms with Gasteiger partial charge in [-0.05, 0) is 29.8 Å². The molecule has 2 aromatic carbocycles. The Balaban J connectivity index is 1.53. The Bertz CT molecular complexity index is 1260. The molecule has 4 rings (SSSR count). The molecular formula is C20H15N5O4. The largest absolute Gasteiger partial charge is 0.342 e. The van der Waals surface area contributed by atoms with Crippen molar-refractivity contribution in [1.29, 1.82) is 0 Å². The monoisotopic (exact) mass is 389 g/mol. The van der Waals surface area contributed by atoms with Crippen LogP contribution in [0.1, 0.15) is 21.7 Å². The zero-order chi connectivity index (χ0) is 20.4. The number of rotatable bonds is 5. The number of fused-ring (bicyclic) bond motifs is 1. The second-order valence-electron chi connectivity index (χ2n) is 6.39. The van der Waals surface area contributed by atoms with Crippen molar-refractivity contribution in [3.05, 3.63) is 98.2 Å². The zero-order valence-corrected chi connectivity index (χ0v) is 15.0. The highest BCUT2D eigenvalue weighted by atomic mass is 16.6. The topological polar surface area (TPSA) is 134 Å². The first kappa shape index (κ1) is 18.1. The van der Waals surface area contributed by atoms with Gasteiger partial charge in [0.2, 0.25) is 0 Å². The van der Waals surface area contributed by atoms with Crippen molar-refractivity contribution in [3.8, 4) is 0 Å². The number of H-pyrrole nitrogens is 2. The maximum absolute atomic E-state index is 12.4. The second kappa shape index (κ2) is 7.39. The predicted molar refractivity (Wildman–Crippen MR) is 107 cm³/mol. The molecule has 2 heterocycles. The van der Waals surface area contributed by atoms with E-state index in [1.54, 1.807) is 18.2 Å². The number of para-hydroxylation sites is 2. The number of nitrogens with zero attached hydrogens (tertiary/aromatic N) is 2. The van der Waals surface area contributed by atoms with Crippen LogP contribution in [0.15, 0.2) is 65.6 Å².